The molecule has 162 valence electrons. The van der Waals surface area contributed by atoms with E-state index in [2.05, 4.69) is 5.32 Å². The van der Waals surface area contributed by atoms with Crippen molar-refractivity contribution >= 4 is 23.4 Å². The van der Waals surface area contributed by atoms with Crippen molar-refractivity contribution in [2.45, 2.75) is 44.4 Å². The Labute approximate surface area is 180 Å². The summed E-state index contributed by atoms with van der Waals surface area (Å²) in [6.07, 6.45) is 4.12. The lowest BCUT2D eigenvalue weighted by Crippen LogP contribution is -2.52. The third-order valence-corrected chi connectivity index (χ3v) is 6.88. The molecule has 2 bridgehead atoms. The van der Waals surface area contributed by atoms with Gasteiger partial charge in [-0.05, 0) is 31.2 Å². The van der Waals surface area contributed by atoms with Gasteiger partial charge in [0.25, 0.3) is 11.8 Å². The molecule has 3 aliphatic rings. The molecule has 0 spiro atoms. The number of hydrogen-bond donors (Lipinski definition) is 2. The minimum atomic E-state index is -0.975. The minimum Gasteiger partial charge on any atom is -0.503 e. The van der Waals surface area contributed by atoms with Gasteiger partial charge in [0.05, 0.1) is 11.1 Å². The van der Waals surface area contributed by atoms with Gasteiger partial charge in [0.15, 0.2) is 11.4 Å². The lowest BCUT2D eigenvalue weighted by Gasteiger charge is -2.40. The second-order valence-electron chi connectivity index (χ2n) is 8.27. The average Bonchev–Trinajstić information content (AvgIpc) is 3.34. The first-order valence-electron chi connectivity index (χ1n) is 9.97. The highest BCUT2D eigenvalue weighted by Crippen LogP contribution is 2.45. The fourth-order valence-electron chi connectivity index (χ4n) is 5.12. The van der Waals surface area contributed by atoms with Crippen LogP contribution in [-0.4, -0.2) is 38.5 Å². The van der Waals surface area contributed by atoms with Gasteiger partial charge in [-0.3, -0.25) is 14.4 Å². The van der Waals surface area contributed by atoms with E-state index in [-0.39, 0.29) is 40.5 Å². The van der Waals surface area contributed by atoms with Crippen LogP contribution in [0.25, 0.3) is 0 Å². The van der Waals surface area contributed by atoms with E-state index < -0.39 is 34.6 Å². The van der Waals surface area contributed by atoms with Gasteiger partial charge in [0, 0.05) is 37.0 Å². The molecule has 2 fully saturated rings. The fraction of sp³-hybridized carbons (Fsp3) is 0.381. The maximum Gasteiger partial charge on any atom is 0.275 e. The second-order valence-corrected chi connectivity index (χ2v) is 8.68. The molecular weight excluding hydrogens is 432 g/mol. The number of aromatic nitrogens is 1. The molecule has 3 unspecified atom stereocenters. The normalized spacial score (nSPS) is 23.6. The molecular formula is C21H18ClF2N3O4. The molecule has 1 aliphatic carbocycles. The van der Waals surface area contributed by atoms with Crippen molar-refractivity contribution in [3.05, 3.63) is 62.0 Å². The number of amides is 2. The van der Waals surface area contributed by atoms with Gasteiger partial charge in [0.2, 0.25) is 5.43 Å². The number of benzene rings is 1. The van der Waals surface area contributed by atoms with Crippen LogP contribution in [0.5, 0.6) is 5.75 Å². The first kappa shape index (κ1) is 20.0. The van der Waals surface area contributed by atoms with Crippen molar-refractivity contribution in [3.63, 3.8) is 0 Å². The highest BCUT2D eigenvalue weighted by molar-refractivity contribution is 6.30. The third kappa shape index (κ3) is 3.02. The van der Waals surface area contributed by atoms with Crippen LogP contribution in [0.15, 0.2) is 23.1 Å². The van der Waals surface area contributed by atoms with E-state index in [1.807, 2.05) is 0 Å². The van der Waals surface area contributed by atoms with Gasteiger partial charge in [-0.1, -0.05) is 11.6 Å². The highest BCUT2D eigenvalue weighted by atomic mass is 35.5. The molecule has 2 aliphatic heterocycles. The molecule has 1 saturated heterocycles. The van der Waals surface area contributed by atoms with Gasteiger partial charge >= 0.3 is 0 Å². The number of hydrogen-bond acceptors (Lipinski definition) is 4. The molecule has 2 aromatic rings. The lowest BCUT2D eigenvalue weighted by molar-refractivity contribution is 0.0482. The predicted molar refractivity (Wildman–Crippen MR) is 106 cm³/mol. The Morgan fingerprint density at radius 1 is 1.23 bits per heavy atom. The number of aromatic hydroxyl groups is 1. The monoisotopic (exact) mass is 449 g/mol. The summed E-state index contributed by atoms with van der Waals surface area (Å²) in [5.41, 5.74) is -1.51. The Balaban J connectivity index is 1.44. The van der Waals surface area contributed by atoms with Gasteiger partial charge in [-0.15, -0.1) is 0 Å². The van der Waals surface area contributed by atoms with E-state index in [0.717, 1.165) is 25.3 Å². The van der Waals surface area contributed by atoms with E-state index >= 15 is 0 Å². The number of halogens is 3. The molecule has 1 saturated carbocycles. The molecule has 1 aromatic heterocycles. The number of carbonyl (C=O) groups is 2. The number of piperidine rings is 1. The third-order valence-electron chi connectivity index (χ3n) is 6.59. The number of nitrogens with zero attached hydrogens (tertiary/aromatic N) is 2. The van der Waals surface area contributed by atoms with Crippen molar-refractivity contribution in [3.8, 4) is 5.75 Å². The fourth-order valence-corrected chi connectivity index (χ4v) is 5.31. The van der Waals surface area contributed by atoms with Crippen LogP contribution in [-0.2, 0) is 13.1 Å². The number of nitrogens with one attached hydrogen (secondary N) is 1. The smallest absolute Gasteiger partial charge is 0.275 e. The zero-order valence-electron chi connectivity index (χ0n) is 16.2. The summed E-state index contributed by atoms with van der Waals surface area (Å²) in [6, 6.07) is 1.76. The summed E-state index contributed by atoms with van der Waals surface area (Å²) in [5.74, 6) is -3.46. The Morgan fingerprint density at radius 3 is 2.77 bits per heavy atom. The predicted octanol–water partition coefficient (Wildman–Crippen LogP) is 2.42. The topological polar surface area (TPSA) is 91.6 Å². The Morgan fingerprint density at radius 2 is 2.00 bits per heavy atom. The van der Waals surface area contributed by atoms with Crippen molar-refractivity contribution in [2.24, 2.45) is 5.92 Å². The summed E-state index contributed by atoms with van der Waals surface area (Å²) in [7, 11) is 0. The van der Waals surface area contributed by atoms with Crippen LogP contribution < -0.4 is 10.7 Å². The van der Waals surface area contributed by atoms with Gasteiger partial charge in [0.1, 0.15) is 17.2 Å². The molecule has 2 N–H and O–H groups in total. The van der Waals surface area contributed by atoms with E-state index in [4.69, 9.17) is 11.6 Å². The van der Waals surface area contributed by atoms with E-state index in [9.17, 15) is 28.3 Å². The summed E-state index contributed by atoms with van der Waals surface area (Å²) < 4.78 is 28.7. The quantitative estimate of drug-likeness (QED) is 0.704. The van der Waals surface area contributed by atoms with Crippen LogP contribution in [0.3, 0.4) is 0 Å². The number of carbonyl (C=O) groups excluding carboxylic acids is 2. The lowest BCUT2D eigenvalue weighted by atomic mass is 9.95. The van der Waals surface area contributed by atoms with Crippen molar-refractivity contribution in [2.75, 3.05) is 0 Å². The Hall–Kier alpha value is -2.94. The molecule has 31 heavy (non-hydrogen) atoms. The summed E-state index contributed by atoms with van der Waals surface area (Å²) in [6.45, 7) is 0.0459. The van der Waals surface area contributed by atoms with Crippen LogP contribution >= 0.6 is 11.6 Å². The Bertz CT molecular complexity index is 1200. The van der Waals surface area contributed by atoms with Gasteiger partial charge < -0.3 is 19.9 Å². The van der Waals surface area contributed by atoms with E-state index in [1.165, 1.54) is 10.8 Å². The molecule has 7 nitrogen and oxygen atoms in total. The molecule has 2 amide bonds. The van der Waals surface area contributed by atoms with Crippen molar-refractivity contribution in [1.29, 1.82) is 0 Å². The second kappa shape index (κ2) is 7.05. The zero-order valence-corrected chi connectivity index (χ0v) is 17.0. The summed E-state index contributed by atoms with van der Waals surface area (Å²) in [5, 5.41) is 12.5. The maximum atomic E-state index is 13.9. The summed E-state index contributed by atoms with van der Waals surface area (Å²) >= 11 is 5.65. The molecule has 10 heteroatoms. The first-order chi connectivity index (χ1) is 14.8. The van der Waals surface area contributed by atoms with Gasteiger partial charge in [-0.25, -0.2) is 8.78 Å². The Kier molecular flexibility index (Phi) is 4.55. The molecule has 0 radical (unpaired) electrons. The molecule has 1 aromatic carbocycles. The van der Waals surface area contributed by atoms with Crippen molar-refractivity contribution in [1.82, 2.24) is 14.8 Å². The van der Waals surface area contributed by atoms with Crippen molar-refractivity contribution < 1.29 is 23.5 Å². The minimum absolute atomic E-state index is 0.0213. The average molecular weight is 450 g/mol. The highest BCUT2D eigenvalue weighted by Gasteiger charge is 2.51. The largest absolute Gasteiger partial charge is 0.503 e. The first-order valence-corrected chi connectivity index (χ1v) is 10.3. The van der Waals surface area contributed by atoms with Gasteiger partial charge in [-0.2, -0.15) is 0 Å². The number of rotatable bonds is 3. The zero-order chi connectivity index (χ0) is 22.0. The van der Waals surface area contributed by atoms with Crippen LogP contribution in [0, 0.1) is 17.6 Å². The summed E-state index contributed by atoms with van der Waals surface area (Å²) in [4.78, 5) is 40.0. The SMILES string of the molecule is O=C(NCc1cc(Cl)c(F)cc1F)c1cn2c(c(O)c1=O)C(=O)N1C3CCC(C3)C1C2. The maximum absolute atomic E-state index is 13.9. The van der Waals surface area contributed by atoms with Crippen LogP contribution in [0.2, 0.25) is 5.02 Å². The number of pyridine rings is 1. The molecule has 5 rings (SSSR count). The van der Waals surface area contributed by atoms with E-state index in [0.29, 0.717) is 18.5 Å². The molecule has 3 atom stereocenters. The van der Waals surface area contributed by atoms with E-state index in [1.54, 1.807) is 4.90 Å². The standard InChI is InChI=1S/C21H18ClF2N3O4/c22-13-4-10(14(23)5-15(13)24)6-25-20(30)12-7-26-8-16-9-1-2-11(3-9)27(16)21(31)17(26)19(29)18(12)28/h4-5,7,9,11,16,29H,1-3,6,8H2,(H,25,30). The number of fused-ring (bicyclic) bond motifs is 6. The van der Waals surface area contributed by atoms with Crippen LogP contribution in [0.4, 0.5) is 8.78 Å². The molecule has 3 heterocycles. The van der Waals surface area contributed by atoms with Crippen LogP contribution in [0.1, 0.15) is 45.7 Å².